The lowest BCUT2D eigenvalue weighted by molar-refractivity contribution is 0.224. The largest absolute Gasteiger partial charge is 0.490 e. The van der Waals surface area contributed by atoms with Crippen LogP contribution in [0.1, 0.15) is 45.2 Å². The summed E-state index contributed by atoms with van der Waals surface area (Å²) in [4.78, 5) is 2.43. The molecule has 134 valence electrons. The molecule has 0 radical (unpaired) electrons. The van der Waals surface area contributed by atoms with Crippen LogP contribution in [-0.2, 0) is 0 Å². The fourth-order valence-corrected chi connectivity index (χ4v) is 4.12. The molecule has 0 unspecified atom stereocenters. The number of ether oxygens (including phenoxy) is 2. The number of nitrogens with zero attached hydrogens (tertiary/aromatic N) is 2. The first-order valence-electron chi connectivity index (χ1n) is 9.05. The summed E-state index contributed by atoms with van der Waals surface area (Å²) in [5.41, 5.74) is 4.43. The third kappa shape index (κ3) is 2.84. The number of fused-ring (bicyclic) bond motifs is 2. The predicted molar refractivity (Wildman–Crippen MR) is 100 cm³/mol. The summed E-state index contributed by atoms with van der Waals surface area (Å²) >= 11 is 6.54. The van der Waals surface area contributed by atoms with E-state index in [0.717, 1.165) is 24.3 Å². The van der Waals surface area contributed by atoms with Gasteiger partial charge in [-0.25, -0.2) is 0 Å². The minimum absolute atomic E-state index is 0.0301. The number of hydrogen-bond donors (Lipinski definition) is 1. The average molecular weight is 362 g/mol. The van der Waals surface area contributed by atoms with Crippen LogP contribution in [-0.4, -0.2) is 36.0 Å². The summed E-state index contributed by atoms with van der Waals surface area (Å²) in [6.45, 7) is 8.68. The molecule has 2 bridgehead atoms. The van der Waals surface area contributed by atoms with Gasteiger partial charge in [-0.05, 0) is 45.7 Å². The van der Waals surface area contributed by atoms with Gasteiger partial charge < -0.3 is 14.4 Å². The maximum atomic E-state index is 6.54. The number of hydrogen-bond acceptors (Lipinski definition) is 4. The van der Waals surface area contributed by atoms with Gasteiger partial charge in [0.2, 0.25) is 0 Å². The first-order chi connectivity index (χ1) is 12.1. The molecule has 0 amide bonds. The zero-order valence-corrected chi connectivity index (χ0v) is 15.7. The Morgan fingerprint density at radius 1 is 1.32 bits per heavy atom. The Morgan fingerprint density at radius 2 is 2.08 bits per heavy atom. The quantitative estimate of drug-likeness (QED) is 0.844. The van der Waals surface area contributed by atoms with Gasteiger partial charge in [0.1, 0.15) is 5.69 Å². The molecular weight excluding hydrogens is 338 g/mol. The van der Waals surface area contributed by atoms with Crippen LogP contribution in [0.4, 0.5) is 5.69 Å². The Kier molecular flexibility index (Phi) is 4.28. The van der Waals surface area contributed by atoms with Crippen LogP contribution in [0.3, 0.4) is 0 Å². The number of aromatic nitrogens is 2. The number of rotatable bonds is 5. The average Bonchev–Trinajstić information content (AvgIpc) is 3.06. The van der Waals surface area contributed by atoms with Crippen molar-refractivity contribution in [3.63, 3.8) is 0 Å². The van der Waals surface area contributed by atoms with E-state index < -0.39 is 0 Å². The Morgan fingerprint density at radius 3 is 2.76 bits per heavy atom. The van der Waals surface area contributed by atoms with Gasteiger partial charge in [-0.15, -0.1) is 0 Å². The van der Waals surface area contributed by atoms with E-state index in [-0.39, 0.29) is 6.10 Å². The smallest absolute Gasteiger partial charge is 0.180 e. The van der Waals surface area contributed by atoms with Crippen LogP contribution >= 0.6 is 11.6 Å². The number of nitrogens with one attached hydrogen (secondary N) is 1. The van der Waals surface area contributed by atoms with Gasteiger partial charge >= 0.3 is 0 Å². The first-order valence-corrected chi connectivity index (χ1v) is 9.42. The lowest BCUT2D eigenvalue weighted by Crippen LogP contribution is -2.38. The summed E-state index contributed by atoms with van der Waals surface area (Å²) in [5.74, 6) is 1.88. The van der Waals surface area contributed by atoms with Crippen molar-refractivity contribution >= 4 is 17.3 Å². The summed E-state index contributed by atoms with van der Waals surface area (Å²) in [6.07, 6.45) is 2.45. The fraction of sp³-hybridized carbons (Fsp3) is 0.526. The number of H-pyrrole nitrogens is 1. The van der Waals surface area contributed by atoms with Crippen molar-refractivity contribution in [3.05, 3.63) is 22.8 Å². The van der Waals surface area contributed by atoms with E-state index in [0.29, 0.717) is 29.0 Å². The number of aromatic amines is 1. The van der Waals surface area contributed by atoms with E-state index >= 15 is 0 Å². The lowest BCUT2D eigenvalue weighted by Gasteiger charge is -2.40. The molecule has 5 nitrogen and oxygen atoms in total. The molecule has 1 aromatic carbocycles. The van der Waals surface area contributed by atoms with E-state index in [9.17, 15) is 0 Å². The van der Waals surface area contributed by atoms with Crippen molar-refractivity contribution in [2.45, 2.75) is 45.6 Å². The van der Waals surface area contributed by atoms with Crippen molar-refractivity contribution in [2.24, 2.45) is 0 Å². The number of anilines is 1. The second-order valence-corrected chi connectivity index (χ2v) is 7.39. The molecular formula is C19H24ClN3O2. The zero-order valence-electron chi connectivity index (χ0n) is 14.9. The van der Waals surface area contributed by atoms with Crippen molar-refractivity contribution in [1.29, 1.82) is 0 Å². The van der Waals surface area contributed by atoms with Gasteiger partial charge in [-0.3, -0.25) is 5.10 Å². The van der Waals surface area contributed by atoms with Gasteiger partial charge in [0, 0.05) is 24.6 Å². The predicted octanol–water partition coefficient (Wildman–Crippen LogP) is 4.61. The highest BCUT2D eigenvalue weighted by atomic mass is 35.5. The van der Waals surface area contributed by atoms with Gasteiger partial charge in [-0.2, -0.15) is 5.10 Å². The molecule has 1 fully saturated rings. The third-order valence-corrected chi connectivity index (χ3v) is 5.20. The Bertz CT molecular complexity index is 779. The summed E-state index contributed by atoms with van der Waals surface area (Å²) in [7, 11) is 0. The topological polar surface area (TPSA) is 50.4 Å². The molecule has 3 aliphatic rings. The van der Waals surface area contributed by atoms with E-state index in [2.05, 4.69) is 15.1 Å². The van der Waals surface area contributed by atoms with Crippen molar-refractivity contribution in [1.82, 2.24) is 10.2 Å². The molecule has 25 heavy (non-hydrogen) atoms. The van der Waals surface area contributed by atoms with Gasteiger partial charge in [0.15, 0.2) is 11.5 Å². The van der Waals surface area contributed by atoms with Crippen molar-refractivity contribution in [3.8, 4) is 22.8 Å². The molecule has 2 aromatic rings. The van der Waals surface area contributed by atoms with Crippen LogP contribution < -0.4 is 14.4 Å². The normalized spacial score (nSPS) is 16.4. The second kappa shape index (κ2) is 6.45. The molecule has 1 N–H and O–H groups in total. The van der Waals surface area contributed by atoms with Crippen LogP contribution in [0, 0.1) is 0 Å². The van der Waals surface area contributed by atoms with Crippen LogP contribution in [0.2, 0.25) is 5.02 Å². The lowest BCUT2D eigenvalue weighted by atomic mass is 9.86. The summed E-state index contributed by atoms with van der Waals surface area (Å²) < 4.78 is 11.7. The van der Waals surface area contributed by atoms with E-state index in [1.54, 1.807) is 0 Å². The summed E-state index contributed by atoms with van der Waals surface area (Å²) in [6, 6.07) is 3.93. The third-order valence-electron chi connectivity index (χ3n) is 4.92. The Hall–Kier alpha value is -1.88. The molecule has 0 aliphatic carbocycles. The standard InChI is InChI=1S/C19H24ClN3O2/c1-4-24-15-10-13(9-14(20)19(15)25-11(2)3)17-18-16(21-22-17)12-5-7-23(18)8-6-12/h9-12H,4-8H2,1-3H3,(H,21,22). The van der Waals surface area contributed by atoms with Gasteiger partial charge in [0.25, 0.3) is 0 Å². The van der Waals surface area contributed by atoms with Crippen LogP contribution in [0.15, 0.2) is 12.1 Å². The van der Waals surface area contributed by atoms with Crippen LogP contribution in [0.5, 0.6) is 11.5 Å². The molecule has 0 atom stereocenters. The molecule has 4 heterocycles. The zero-order chi connectivity index (χ0) is 17.6. The molecule has 6 heteroatoms. The second-order valence-electron chi connectivity index (χ2n) is 6.98. The van der Waals surface area contributed by atoms with Crippen molar-refractivity contribution < 1.29 is 9.47 Å². The maximum Gasteiger partial charge on any atom is 0.180 e. The van der Waals surface area contributed by atoms with E-state index in [1.807, 2.05) is 32.9 Å². The highest BCUT2D eigenvalue weighted by Crippen LogP contribution is 2.48. The number of halogens is 1. The monoisotopic (exact) mass is 361 g/mol. The minimum Gasteiger partial charge on any atom is -0.490 e. The molecule has 3 aliphatic heterocycles. The molecule has 0 saturated carbocycles. The SMILES string of the molecule is CCOc1cc(-c2n[nH]c3c2N2CCC3CC2)cc(Cl)c1OC(C)C. The fourth-order valence-electron chi connectivity index (χ4n) is 3.87. The molecule has 5 rings (SSSR count). The molecule has 0 spiro atoms. The minimum atomic E-state index is 0.0301. The van der Waals surface area contributed by atoms with Crippen LogP contribution in [0.25, 0.3) is 11.3 Å². The summed E-state index contributed by atoms with van der Waals surface area (Å²) in [5, 5.41) is 8.44. The molecule has 1 aromatic heterocycles. The number of piperidine rings is 1. The molecule has 1 saturated heterocycles. The highest BCUT2D eigenvalue weighted by molar-refractivity contribution is 6.32. The Balaban J connectivity index is 1.79. The maximum absolute atomic E-state index is 6.54. The van der Waals surface area contributed by atoms with Crippen molar-refractivity contribution in [2.75, 3.05) is 24.6 Å². The number of benzene rings is 1. The first kappa shape index (κ1) is 16.6. The highest BCUT2D eigenvalue weighted by Gasteiger charge is 2.35. The van der Waals surface area contributed by atoms with Gasteiger partial charge in [0.05, 0.1) is 29.1 Å². The Labute approximate surface area is 153 Å². The van der Waals surface area contributed by atoms with E-state index in [4.69, 9.17) is 21.1 Å². The van der Waals surface area contributed by atoms with Gasteiger partial charge in [-0.1, -0.05) is 11.6 Å². The van der Waals surface area contributed by atoms with E-state index in [1.165, 1.54) is 24.2 Å².